The first-order valence-electron chi connectivity index (χ1n) is 6.97. The molecule has 1 N–H and O–H groups in total. The highest BCUT2D eigenvalue weighted by Gasteiger charge is 2.24. The van der Waals surface area contributed by atoms with Gasteiger partial charge in [-0.05, 0) is 25.0 Å². The molecule has 7 heteroatoms. The molecular formula is C14H18N4O3. The van der Waals surface area contributed by atoms with Gasteiger partial charge in [-0.15, -0.1) is 0 Å². The molecule has 1 aliphatic heterocycles. The Morgan fingerprint density at radius 1 is 1.48 bits per heavy atom. The zero-order valence-corrected chi connectivity index (χ0v) is 11.9. The number of rotatable bonds is 5. The number of methoxy groups -OCH3 is 1. The van der Waals surface area contributed by atoms with E-state index in [4.69, 9.17) is 9.26 Å². The van der Waals surface area contributed by atoms with E-state index in [-0.39, 0.29) is 12.6 Å². The van der Waals surface area contributed by atoms with Crippen LogP contribution in [0.1, 0.15) is 18.7 Å². The van der Waals surface area contributed by atoms with Crippen LogP contribution < -0.4 is 4.90 Å². The summed E-state index contributed by atoms with van der Waals surface area (Å²) in [6.45, 7) is 1.41. The third-order valence-corrected chi connectivity index (χ3v) is 3.62. The third-order valence-electron chi connectivity index (χ3n) is 3.62. The van der Waals surface area contributed by atoms with E-state index in [1.54, 1.807) is 13.3 Å². The minimum atomic E-state index is 0.160. The molecule has 0 radical (unpaired) electrons. The van der Waals surface area contributed by atoms with Gasteiger partial charge in [-0.1, -0.05) is 5.16 Å². The lowest BCUT2D eigenvalue weighted by molar-refractivity contribution is 0.174. The van der Waals surface area contributed by atoms with E-state index in [1.807, 2.05) is 12.1 Å². The fourth-order valence-corrected chi connectivity index (χ4v) is 2.57. The summed E-state index contributed by atoms with van der Waals surface area (Å²) >= 11 is 0. The Bertz CT molecular complexity index is 584. The van der Waals surface area contributed by atoms with Gasteiger partial charge in [0.05, 0.1) is 18.2 Å². The van der Waals surface area contributed by atoms with E-state index in [1.165, 1.54) is 0 Å². The summed E-state index contributed by atoms with van der Waals surface area (Å²) in [6, 6.07) is 3.99. The smallest absolute Gasteiger partial charge is 0.259 e. The molecule has 1 aliphatic rings. The van der Waals surface area contributed by atoms with Gasteiger partial charge in [0.1, 0.15) is 12.4 Å². The molecule has 3 heterocycles. The van der Waals surface area contributed by atoms with E-state index in [9.17, 15) is 5.11 Å². The average molecular weight is 290 g/mol. The molecule has 1 fully saturated rings. The van der Waals surface area contributed by atoms with Crippen molar-refractivity contribution >= 4 is 5.82 Å². The molecule has 0 aliphatic carbocycles. The van der Waals surface area contributed by atoms with E-state index in [0.29, 0.717) is 18.3 Å². The number of aliphatic hydroxyl groups is 1. The normalized spacial score (nSPS) is 18.4. The van der Waals surface area contributed by atoms with Gasteiger partial charge < -0.3 is 19.3 Å². The highest BCUT2D eigenvalue weighted by Crippen LogP contribution is 2.25. The standard InChI is InChI=1S/C14H18N4O3/c1-20-9-12-16-14(21-17-12)10-4-5-13(15-7-10)18-6-2-3-11(18)8-19/h4-5,7,11,19H,2-3,6,8-9H2,1H3/t11-/m0/s1. The second kappa shape index (κ2) is 6.19. The lowest BCUT2D eigenvalue weighted by Crippen LogP contribution is -2.32. The Morgan fingerprint density at radius 3 is 3.10 bits per heavy atom. The molecule has 1 atom stereocenters. The fourth-order valence-electron chi connectivity index (χ4n) is 2.57. The van der Waals surface area contributed by atoms with Gasteiger partial charge in [-0.25, -0.2) is 4.98 Å². The quantitative estimate of drug-likeness (QED) is 0.886. The predicted octanol–water partition coefficient (Wildman–Crippen LogP) is 1.24. The molecule has 0 bridgehead atoms. The molecule has 2 aromatic rings. The summed E-state index contributed by atoms with van der Waals surface area (Å²) in [7, 11) is 1.58. The van der Waals surface area contributed by atoms with Crippen molar-refractivity contribution in [2.45, 2.75) is 25.5 Å². The van der Waals surface area contributed by atoms with Gasteiger partial charge >= 0.3 is 0 Å². The molecule has 112 valence electrons. The molecule has 0 amide bonds. The van der Waals surface area contributed by atoms with Crippen molar-refractivity contribution in [2.24, 2.45) is 0 Å². The predicted molar refractivity (Wildman–Crippen MR) is 75.7 cm³/mol. The summed E-state index contributed by atoms with van der Waals surface area (Å²) in [4.78, 5) is 10.8. The number of aromatic nitrogens is 3. The zero-order chi connectivity index (χ0) is 14.7. The Hall–Kier alpha value is -1.99. The molecule has 1 saturated heterocycles. The molecular weight excluding hydrogens is 272 g/mol. The van der Waals surface area contributed by atoms with Gasteiger partial charge in [0.25, 0.3) is 5.89 Å². The van der Waals surface area contributed by atoms with Gasteiger partial charge in [-0.2, -0.15) is 4.98 Å². The molecule has 0 unspecified atom stereocenters. The lowest BCUT2D eigenvalue weighted by Gasteiger charge is -2.23. The van der Waals surface area contributed by atoms with Crippen molar-refractivity contribution in [1.29, 1.82) is 0 Å². The number of pyridine rings is 1. The monoisotopic (exact) mass is 290 g/mol. The minimum absolute atomic E-state index is 0.160. The van der Waals surface area contributed by atoms with Gasteiger partial charge in [0.2, 0.25) is 0 Å². The number of aliphatic hydroxyl groups excluding tert-OH is 1. The summed E-state index contributed by atoms with van der Waals surface area (Å²) < 4.78 is 10.1. The van der Waals surface area contributed by atoms with Crippen molar-refractivity contribution in [3.63, 3.8) is 0 Å². The van der Waals surface area contributed by atoms with Crippen LogP contribution in [0.4, 0.5) is 5.82 Å². The van der Waals surface area contributed by atoms with Crippen molar-refractivity contribution in [3.8, 4) is 11.5 Å². The molecule has 0 spiro atoms. The Morgan fingerprint density at radius 2 is 2.38 bits per heavy atom. The topological polar surface area (TPSA) is 84.5 Å². The molecule has 2 aromatic heterocycles. The first-order valence-corrected chi connectivity index (χ1v) is 6.97. The number of ether oxygens (including phenoxy) is 1. The van der Waals surface area contributed by atoms with Crippen LogP contribution in [0, 0.1) is 0 Å². The van der Waals surface area contributed by atoms with Crippen molar-refractivity contribution in [3.05, 3.63) is 24.2 Å². The molecule has 0 saturated carbocycles. The summed E-state index contributed by atoms with van der Waals surface area (Å²) in [5.41, 5.74) is 0.772. The maximum absolute atomic E-state index is 9.37. The third kappa shape index (κ3) is 2.88. The minimum Gasteiger partial charge on any atom is -0.394 e. The summed E-state index contributed by atoms with van der Waals surface area (Å²) in [6.07, 6.45) is 3.80. The first-order chi connectivity index (χ1) is 10.3. The highest BCUT2D eigenvalue weighted by atomic mass is 16.5. The lowest BCUT2D eigenvalue weighted by atomic mass is 10.2. The highest BCUT2D eigenvalue weighted by molar-refractivity contribution is 5.55. The van der Waals surface area contributed by atoms with Crippen molar-refractivity contribution in [1.82, 2.24) is 15.1 Å². The zero-order valence-electron chi connectivity index (χ0n) is 11.9. The summed E-state index contributed by atoms with van der Waals surface area (Å²) in [5.74, 6) is 1.81. The number of hydrogen-bond acceptors (Lipinski definition) is 7. The van der Waals surface area contributed by atoms with E-state index in [0.717, 1.165) is 30.8 Å². The molecule has 0 aromatic carbocycles. The Kier molecular flexibility index (Phi) is 4.12. The number of hydrogen-bond donors (Lipinski definition) is 1. The molecule has 3 rings (SSSR count). The summed E-state index contributed by atoms with van der Waals surface area (Å²) in [5, 5.41) is 13.2. The molecule has 21 heavy (non-hydrogen) atoms. The van der Waals surface area contributed by atoms with Crippen LogP contribution in [-0.2, 0) is 11.3 Å². The average Bonchev–Trinajstić information content (AvgIpc) is 3.16. The van der Waals surface area contributed by atoms with Gasteiger partial charge in [-0.3, -0.25) is 0 Å². The van der Waals surface area contributed by atoms with E-state index < -0.39 is 0 Å². The van der Waals surface area contributed by atoms with E-state index in [2.05, 4.69) is 20.0 Å². The number of nitrogens with zero attached hydrogens (tertiary/aromatic N) is 4. The maximum atomic E-state index is 9.37. The van der Waals surface area contributed by atoms with Crippen LogP contribution in [0.2, 0.25) is 0 Å². The van der Waals surface area contributed by atoms with E-state index >= 15 is 0 Å². The Labute approximate surface area is 122 Å². The largest absolute Gasteiger partial charge is 0.394 e. The first kappa shape index (κ1) is 14.0. The van der Waals surface area contributed by atoms with Crippen LogP contribution in [0.3, 0.4) is 0 Å². The van der Waals surface area contributed by atoms with Crippen LogP contribution in [0.15, 0.2) is 22.9 Å². The fraction of sp³-hybridized carbons (Fsp3) is 0.500. The van der Waals surface area contributed by atoms with Crippen LogP contribution in [-0.4, -0.2) is 46.5 Å². The van der Waals surface area contributed by atoms with Gasteiger partial charge in [0, 0.05) is 19.9 Å². The van der Waals surface area contributed by atoms with Crippen molar-refractivity contribution in [2.75, 3.05) is 25.2 Å². The maximum Gasteiger partial charge on any atom is 0.259 e. The van der Waals surface area contributed by atoms with Crippen molar-refractivity contribution < 1.29 is 14.4 Å². The SMILES string of the molecule is COCc1noc(-c2ccc(N3CCC[C@H]3CO)nc2)n1. The molecule has 7 nitrogen and oxygen atoms in total. The Balaban J connectivity index is 1.77. The van der Waals surface area contributed by atoms with Crippen LogP contribution >= 0.6 is 0 Å². The number of anilines is 1. The second-order valence-corrected chi connectivity index (χ2v) is 5.03. The second-order valence-electron chi connectivity index (χ2n) is 5.03. The van der Waals surface area contributed by atoms with Crippen LogP contribution in [0.5, 0.6) is 0 Å². The van der Waals surface area contributed by atoms with Gasteiger partial charge in [0.15, 0.2) is 5.82 Å². The van der Waals surface area contributed by atoms with Crippen LogP contribution in [0.25, 0.3) is 11.5 Å².